The minimum Gasteiger partial charge on any atom is -0.493 e. The quantitative estimate of drug-likeness (QED) is 0.682. The molecule has 2 rings (SSSR count). The molecule has 28 heavy (non-hydrogen) atoms. The van der Waals surface area contributed by atoms with Crippen molar-refractivity contribution >= 4 is 5.97 Å². The molecule has 0 radical (unpaired) electrons. The summed E-state index contributed by atoms with van der Waals surface area (Å²) in [5.74, 6) is 0.275. The molecule has 2 N–H and O–H groups in total. The summed E-state index contributed by atoms with van der Waals surface area (Å²) in [5, 5.41) is 9.71. The average Bonchev–Trinajstić information content (AvgIpc) is 2.68. The summed E-state index contributed by atoms with van der Waals surface area (Å²) >= 11 is 0. The number of benzene rings is 1. The number of hydrogen-bond acceptors (Lipinski definition) is 7. The zero-order valence-corrected chi connectivity index (χ0v) is 16.7. The highest BCUT2D eigenvalue weighted by molar-refractivity contribution is 5.92. The van der Waals surface area contributed by atoms with Gasteiger partial charge in [0.05, 0.1) is 31.8 Å². The van der Waals surface area contributed by atoms with E-state index in [2.05, 4.69) is 6.07 Å². The molecule has 0 amide bonds. The van der Waals surface area contributed by atoms with Crippen LogP contribution in [0.15, 0.2) is 41.0 Å². The Kier molecular flexibility index (Phi) is 7.33. The number of carbonyl (C=O) groups is 1. The molecule has 1 aromatic rings. The third kappa shape index (κ3) is 4.22. The van der Waals surface area contributed by atoms with Gasteiger partial charge < -0.3 is 24.7 Å². The van der Waals surface area contributed by atoms with E-state index in [-0.39, 0.29) is 18.1 Å². The van der Waals surface area contributed by atoms with Crippen molar-refractivity contribution in [3.8, 4) is 17.6 Å². The molecule has 1 aliphatic rings. The summed E-state index contributed by atoms with van der Waals surface area (Å²) in [6, 6.07) is 7.37. The third-order valence-electron chi connectivity index (χ3n) is 4.29. The molecule has 1 aromatic carbocycles. The fraction of sp³-hybridized carbons (Fsp3) is 0.429. The summed E-state index contributed by atoms with van der Waals surface area (Å²) in [7, 11) is 1.55. The molecule has 150 valence electrons. The summed E-state index contributed by atoms with van der Waals surface area (Å²) < 4.78 is 21.9. The number of esters is 1. The van der Waals surface area contributed by atoms with Gasteiger partial charge in [0.25, 0.3) is 0 Å². The summed E-state index contributed by atoms with van der Waals surface area (Å²) in [4.78, 5) is 12.8. The number of nitriles is 1. The van der Waals surface area contributed by atoms with Crippen LogP contribution in [0.2, 0.25) is 0 Å². The van der Waals surface area contributed by atoms with Crippen LogP contribution in [0.4, 0.5) is 0 Å². The lowest BCUT2D eigenvalue weighted by atomic mass is 9.82. The molecule has 0 saturated carbocycles. The monoisotopic (exact) mass is 386 g/mol. The van der Waals surface area contributed by atoms with Gasteiger partial charge in [-0.2, -0.15) is 5.26 Å². The van der Waals surface area contributed by atoms with E-state index in [9.17, 15) is 10.1 Å². The van der Waals surface area contributed by atoms with Gasteiger partial charge >= 0.3 is 5.97 Å². The van der Waals surface area contributed by atoms with Crippen LogP contribution in [0.3, 0.4) is 0 Å². The number of ether oxygens (including phenoxy) is 4. The predicted molar refractivity (Wildman–Crippen MR) is 103 cm³/mol. The highest BCUT2D eigenvalue weighted by atomic mass is 16.5. The van der Waals surface area contributed by atoms with Gasteiger partial charge in [-0.25, -0.2) is 4.79 Å². The van der Waals surface area contributed by atoms with Gasteiger partial charge in [-0.1, -0.05) is 13.0 Å². The van der Waals surface area contributed by atoms with Crippen LogP contribution in [0.25, 0.3) is 0 Å². The average molecular weight is 386 g/mol. The Hall–Kier alpha value is -3.14. The van der Waals surface area contributed by atoms with Crippen molar-refractivity contribution in [1.29, 1.82) is 5.26 Å². The fourth-order valence-corrected chi connectivity index (χ4v) is 3.14. The van der Waals surface area contributed by atoms with Gasteiger partial charge in [0.2, 0.25) is 5.88 Å². The molecule has 0 aliphatic carbocycles. The van der Waals surface area contributed by atoms with E-state index in [4.69, 9.17) is 24.7 Å². The van der Waals surface area contributed by atoms with Gasteiger partial charge in [-0.15, -0.1) is 0 Å². The maximum atomic E-state index is 12.8. The molecule has 0 spiro atoms. The molecule has 0 fully saturated rings. The topological polar surface area (TPSA) is 104 Å². The number of carbonyl (C=O) groups excluding carboxylic acids is 1. The molecule has 1 heterocycles. The second-order valence-electron chi connectivity index (χ2n) is 6.08. The normalized spacial score (nSPS) is 16.3. The lowest BCUT2D eigenvalue weighted by Crippen LogP contribution is -2.26. The largest absolute Gasteiger partial charge is 0.493 e. The Labute approximate surface area is 165 Å². The zero-order valence-electron chi connectivity index (χ0n) is 16.7. The number of nitrogens with two attached hydrogens (primary N) is 1. The number of methoxy groups -OCH3 is 1. The molecular formula is C21H26N2O5. The maximum Gasteiger partial charge on any atom is 0.338 e. The molecule has 7 nitrogen and oxygen atoms in total. The van der Waals surface area contributed by atoms with Crippen molar-refractivity contribution in [3.05, 3.63) is 46.6 Å². The van der Waals surface area contributed by atoms with Crippen molar-refractivity contribution < 1.29 is 23.7 Å². The predicted octanol–water partition coefficient (Wildman–Crippen LogP) is 3.52. The van der Waals surface area contributed by atoms with Gasteiger partial charge in [0.1, 0.15) is 17.4 Å². The molecule has 0 bridgehead atoms. The molecule has 1 atom stereocenters. The van der Waals surface area contributed by atoms with E-state index < -0.39 is 11.9 Å². The van der Waals surface area contributed by atoms with Crippen LogP contribution < -0.4 is 15.2 Å². The minimum atomic E-state index is -0.704. The Morgan fingerprint density at radius 1 is 1.25 bits per heavy atom. The lowest BCUT2D eigenvalue weighted by molar-refractivity contribution is -0.139. The first-order chi connectivity index (χ1) is 13.5. The van der Waals surface area contributed by atoms with E-state index in [1.54, 1.807) is 32.2 Å². The smallest absolute Gasteiger partial charge is 0.338 e. The Morgan fingerprint density at radius 3 is 2.57 bits per heavy atom. The molecule has 0 unspecified atom stereocenters. The van der Waals surface area contributed by atoms with E-state index in [1.807, 2.05) is 13.8 Å². The molecular weight excluding hydrogens is 360 g/mol. The van der Waals surface area contributed by atoms with Gasteiger partial charge in [0.15, 0.2) is 11.5 Å². The number of rotatable bonds is 8. The lowest BCUT2D eigenvalue weighted by Gasteiger charge is -2.28. The van der Waals surface area contributed by atoms with Crippen molar-refractivity contribution in [2.45, 2.75) is 39.5 Å². The summed E-state index contributed by atoms with van der Waals surface area (Å²) in [6.07, 6.45) is 1.24. The third-order valence-corrected chi connectivity index (χ3v) is 4.29. The minimum absolute atomic E-state index is 0.00206. The van der Waals surface area contributed by atoms with Gasteiger partial charge in [-0.3, -0.25) is 0 Å². The second kappa shape index (κ2) is 9.70. The van der Waals surface area contributed by atoms with Crippen LogP contribution >= 0.6 is 0 Å². The summed E-state index contributed by atoms with van der Waals surface area (Å²) in [5.41, 5.74) is 7.15. The first-order valence-electron chi connectivity index (χ1n) is 9.30. The second-order valence-corrected chi connectivity index (χ2v) is 6.08. The summed E-state index contributed by atoms with van der Waals surface area (Å²) in [6.45, 7) is 6.21. The fourth-order valence-electron chi connectivity index (χ4n) is 3.14. The van der Waals surface area contributed by atoms with E-state index >= 15 is 0 Å². The molecule has 7 heteroatoms. The molecule has 1 aliphatic heterocycles. The highest BCUT2D eigenvalue weighted by Crippen LogP contribution is 2.43. The SMILES string of the molecule is CCCC1=C(C(=O)OCC)[C@@H](c2ccc(OC)c(OCC)c2)C(C#N)=C(N)O1. The van der Waals surface area contributed by atoms with Crippen LogP contribution in [0, 0.1) is 11.3 Å². The van der Waals surface area contributed by atoms with Gasteiger partial charge in [0, 0.05) is 6.42 Å². The van der Waals surface area contributed by atoms with E-state index in [0.29, 0.717) is 41.4 Å². The molecule has 0 saturated heterocycles. The van der Waals surface area contributed by atoms with Crippen molar-refractivity contribution in [3.63, 3.8) is 0 Å². The zero-order chi connectivity index (χ0) is 20.7. The first kappa shape index (κ1) is 21.2. The number of allylic oxidation sites excluding steroid dienone is 2. The van der Waals surface area contributed by atoms with Crippen LogP contribution in [0.5, 0.6) is 11.5 Å². The van der Waals surface area contributed by atoms with Gasteiger partial charge in [-0.05, 0) is 38.0 Å². The van der Waals surface area contributed by atoms with E-state index in [1.165, 1.54) is 0 Å². The Bertz CT molecular complexity index is 836. The van der Waals surface area contributed by atoms with Crippen LogP contribution in [-0.4, -0.2) is 26.3 Å². The van der Waals surface area contributed by atoms with Crippen molar-refractivity contribution in [2.75, 3.05) is 20.3 Å². The van der Waals surface area contributed by atoms with E-state index in [0.717, 1.165) is 6.42 Å². The maximum absolute atomic E-state index is 12.8. The Balaban J connectivity index is 2.69. The number of nitrogens with zero attached hydrogens (tertiary/aromatic N) is 1. The van der Waals surface area contributed by atoms with Crippen LogP contribution in [-0.2, 0) is 14.3 Å². The van der Waals surface area contributed by atoms with Crippen LogP contribution in [0.1, 0.15) is 45.1 Å². The molecule has 0 aromatic heterocycles. The van der Waals surface area contributed by atoms with Crippen molar-refractivity contribution in [2.24, 2.45) is 5.73 Å². The number of hydrogen-bond donors (Lipinski definition) is 1. The Morgan fingerprint density at radius 2 is 2.00 bits per heavy atom. The van der Waals surface area contributed by atoms with Crippen molar-refractivity contribution in [1.82, 2.24) is 0 Å². The standard InChI is InChI=1S/C21H26N2O5/c1-5-8-16-19(21(24)27-7-3)18(14(12-22)20(23)28-16)13-9-10-15(25-4)17(11-13)26-6-2/h9-11,18H,5-8,23H2,1-4H3/t18-/m0/s1. The highest BCUT2D eigenvalue weighted by Gasteiger charge is 2.37. The first-order valence-corrected chi connectivity index (χ1v) is 9.30.